The van der Waals surface area contributed by atoms with Crippen molar-refractivity contribution in [1.82, 2.24) is 5.32 Å². The van der Waals surface area contributed by atoms with Gasteiger partial charge >= 0.3 is 29.8 Å². The predicted molar refractivity (Wildman–Crippen MR) is 255 cm³/mol. The van der Waals surface area contributed by atoms with Crippen LogP contribution in [-0.4, -0.2) is 118 Å². The highest BCUT2D eigenvalue weighted by molar-refractivity contribution is 5.91. The molecule has 17 heteroatoms. The van der Waals surface area contributed by atoms with Crippen molar-refractivity contribution < 1.29 is 76.1 Å². The first-order valence-electron chi connectivity index (χ1n) is 22.9. The van der Waals surface area contributed by atoms with E-state index in [-0.39, 0.29) is 28.9 Å². The predicted octanol–water partition coefficient (Wildman–Crippen LogP) is 6.42. The summed E-state index contributed by atoms with van der Waals surface area (Å²) >= 11 is 0. The molecule has 0 aromatic heterocycles. The molecular formula is C55H51NO16. The highest BCUT2D eigenvalue weighted by Gasteiger charge is 2.58. The molecule has 0 spiro atoms. The molecule has 2 heterocycles. The molecule has 2 saturated heterocycles. The Kier molecular flexibility index (Phi) is 16.8. The van der Waals surface area contributed by atoms with Crippen molar-refractivity contribution in [2.75, 3.05) is 20.8 Å². The van der Waals surface area contributed by atoms with Crippen LogP contribution in [-0.2, 0) is 63.6 Å². The lowest BCUT2D eigenvalue weighted by molar-refractivity contribution is -0.341. The second-order valence-electron chi connectivity index (χ2n) is 16.7. The van der Waals surface area contributed by atoms with Crippen LogP contribution in [0, 0.1) is 0 Å². The number of benzene rings is 6. The fraction of sp³-hybridized carbons (Fsp3) is 0.273. The van der Waals surface area contributed by atoms with Crippen molar-refractivity contribution in [2.45, 2.75) is 74.9 Å². The van der Waals surface area contributed by atoms with Crippen molar-refractivity contribution in [3.63, 3.8) is 0 Å². The zero-order valence-electron chi connectivity index (χ0n) is 39.3. The number of fused-ring (bicyclic) bond motifs is 1. The van der Waals surface area contributed by atoms with E-state index < -0.39 is 104 Å². The largest absolute Gasteiger partial charge is 0.467 e. The molecule has 72 heavy (non-hydrogen) atoms. The zero-order valence-corrected chi connectivity index (χ0v) is 39.3. The summed E-state index contributed by atoms with van der Waals surface area (Å²) in [4.78, 5) is 82.7. The van der Waals surface area contributed by atoms with Gasteiger partial charge < -0.3 is 52.7 Å². The molecule has 10 atom stereocenters. The maximum absolute atomic E-state index is 14.2. The number of nitrogens with one attached hydrogen (secondary N) is 1. The molecular weight excluding hydrogens is 931 g/mol. The third kappa shape index (κ3) is 12.2. The Morgan fingerprint density at radius 3 is 1.54 bits per heavy atom. The van der Waals surface area contributed by atoms with Gasteiger partial charge in [-0.2, -0.15) is 0 Å². The molecule has 8 rings (SSSR count). The lowest BCUT2D eigenvalue weighted by Crippen LogP contribution is -2.69. The molecule has 0 aliphatic carbocycles. The quantitative estimate of drug-likeness (QED) is 0.0773. The highest BCUT2D eigenvalue weighted by atomic mass is 16.8. The smallest absolute Gasteiger partial charge is 0.339 e. The summed E-state index contributed by atoms with van der Waals surface area (Å²) in [6.45, 7) is 0.576. The summed E-state index contributed by atoms with van der Waals surface area (Å²) in [5, 5.41) is 4.73. The van der Waals surface area contributed by atoms with Gasteiger partial charge in [0.25, 0.3) is 0 Å². The fourth-order valence-corrected chi connectivity index (χ4v) is 8.40. The van der Waals surface area contributed by atoms with Crippen molar-refractivity contribution in [3.8, 4) is 0 Å². The van der Waals surface area contributed by atoms with Crippen LogP contribution in [0.25, 0.3) is 10.8 Å². The number of hydrogen-bond donors (Lipinski definition) is 1. The van der Waals surface area contributed by atoms with Crippen LogP contribution in [0.5, 0.6) is 0 Å². The van der Waals surface area contributed by atoms with E-state index >= 15 is 0 Å². The average Bonchev–Trinajstić information content (AvgIpc) is 3.41. The molecule has 1 amide bonds. The van der Waals surface area contributed by atoms with Crippen LogP contribution in [0.15, 0.2) is 164 Å². The first kappa shape index (κ1) is 50.6. The van der Waals surface area contributed by atoms with Crippen LogP contribution in [0.1, 0.15) is 53.9 Å². The first-order valence-corrected chi connectivity index (χ1v) is 22.9. The first-order chi connectivity index (χ1) is 35.0. The van der Waals surface area contributed by atoms with Crippen molar-refractivity contribution >= 4 is 46.5 Å². The van der Waals surface area contributed by atoms with E-state index in [0.29, 0.717) is 5.56 Å². The number of methoxy groups -OCH3 is 2. The Morgan fingerprint density at radius 1 is 0.514 bits per heavy atom. The second kappa shape index (κ2) is 23.9. The topological polar surface area (TPSA) is 207 Å². The minimum absolute atomic E-state index is 0.0921. The van der Waals surface area contributed by atoms with Gasteiger partial charge in [-0.3, -0.25) is 4.79 Å². The van der Waals surface area contributed by atoms with Gasteiger partial charge in [0.15, 0.2) is 37.0 Å². The molecule has 2 aliphatic rings. The Balaban J connectivity index is 1.23. The van der Waals surface area contributed by atoms with E-state index in [4.69, 9.17) is 47.4 Å². The number of hydrogen-bond acceptors (Lipinski definition) is 16. The SMILES string of the molecule is COC(=O)[C@H]1O[C@@H](O[C@@H]2[C@@H](NC(C)=O)[C@H](OCc3ccc4ccccc4c3)O[C@H](COC(=O)c3ccccc3)[C@H]2OC(=O)c2ccccc2)[C@H](OC(=O)c2ccccc2)[C@@H](OC)[C@@H]1OC(=O)c1ccccc1. The van der Waals surface area contributed by atoms with E-state index in [9.17, 15) is 28.8 Å². The summed E-state index contributed by atoms with van der Waals surface area (Å²) in [6.07, 6.45) is -14.7. The minimum Gasteiger partial charge on any atom is -0.467 e. The molecule has 0 saturated carbocycles. The standard InChI is InChI=1S/C55H51NO16/c1-33(57)56-42-44(71-55-48(70-52(61)39-25-14-7-15-26-39)45(63-2)46(47(72-55)53(62)64-3)69-51(60)38-23-12-6-13-24-38)43(68-50(59)37-21-10-5-11-22-37)41(32-65-49(58)36-19-8-4-9-20-36)67-54(42)66-31-34-28-29-35-18-16-17-27-40(35)30-34/h4-30,41-48,54-55H,31-32H2,1-3H3,(H,56,57)/t41-,42-,43-,44-,45+,46+,47+,48-,54-,55-/m1/s1. The molecule has 6 aromatic rings. The molecule has 2 fully saturated rings. The lowest BCUT2D eigenvalue weighted by Gasteiger charge is -2.49. The molecule has 1 N–H and O–H groups in total. The lowest BCUT2D eigenvalue weighted by atomic mass is 9.94. The number of esters is 5. The minimum atomic E-state index is -1.88. The van der Waals surface area contributed by atoms with Gasteiger partial charge in [0.05, 0.1) is 36.0 Å². The maximum Gasteiger partial charge on any atom is 0.339 e. The Morgan fingerprint density at radius 2 is 1.01 bits per heavy atom. The number of carbonyl (C=O) groups is 6. The summed E-state index contributed by atoms with van der Waals surface area (Å²) in [5.41, 5.74) is 1.24. The summed E-state index contributed by atoms with van der Waals surface area (Å²) in [5.74, 6) is -5.04. The second-order valence-corrected chi connectivity index (χ2v) is 16.7. The van der Waals surface area contributed by atoms with Gasteiger partial charge in [-0.05, 0) is 70.9 Å². The monoisotopic (exact) mass is 981 g/mol. The zero-order chi connectivity index (χ0) is 50.6. The van der Waals surface area contributed by atoms with Crippen molar-refractivity contribution in [3.05, 3.63) is 192 Å². The normalized spacial score (nSPS) is 23.7. The summed E-state index contributed by atoms with van der Waals surface area (Å²) < 4.78 is 61.7. The maximum atomic E-state index is 14.2. The molecule has 0 radical (unpaired) electrons. The molecule has 17 nitrogen and oxygen atoms in total. The number of amides is 1. The van der Waals surface area contributed by atoms with Crippen molar-refractivity contribution in [1.29, 1.82) is 0 Å². The van der Waals surface area contributed by atoms with E-state index in [1.54, 1.807) is 84.9 Å². The van der Waals surface area contributed by atoms with Crippen LogP contribution in [0.4, 0.5) is 0 Å². The molecule has 2 aliphatic heterocycles. The highest BCUT2D eigenvalue weighted by Crippen LogP contribution is 2.36. The average molecular weight is 982 g/mol. The van der Waals surface area contributed by atoms with Crippen LogP contribution < -0.4 is 5.32 Å². The molecule has 0 unspecified atom stereocenters. The van der Waals surface area contributed by atoms with Gasteiger partial charge in [0.1, 0.15) is 31.0 Å². The van der Waals surface area contributed by atoms with Gasteiger partial charge in [-0.15, -0.1) is 0 Å². The summed E-state index contributed by atoms with van der Waals surface area (Å²) in [7, 11) is 2.32. The van der Waals surface area contributed by atoms with E-state index in [1.807, 2.05) is 42.5 Å². The van der Waals surface area contributed by atoms with Gasteiger partial charge in [0, 0.05) is 14.0 Å². The third-order valence-corrected chi connectivity index (χ3v) is 11.9. The third-order valence-electron chi connectivity index (χ3n) is 11.9. The van der Waals surface area contributed by atoms with E-state index in [2.05, 4.69) is 5.32 Å². The van der Waals surface area contributed by atoms with Gasteiger partial charge in [-0.1, -0.05) is 109 Å². The molecule has 6 aromatic carbocycles. The number of carbonyl (C=O) groups excluding carboxylic acids is 6. The number of rotatable bonds is 17. The summed E-state index contributed by atoms with van der Waals surface area (Å²) in [6, 6.07) is 44.0. The Bertz CT molecular complexity index is 2810. The molecule has 0 bridgehead atoms. The molecule has 372 valence electrons. The fourth-order valence-electron chi connectivity index (χ4n) is 8.40. The van der Waals surface area contributed by atoms with Crippen LogP contribution >= 0.6 is 0 Å². The van der Waals surface area contributed by atoms with Gasteiger partial charge in [0.2, 0.25) is 5.91 Å². The van der Waals surface area contributed by atoms with E-state index in [1.165, 1.54) is 50.4 Å². The van der Waals surface area contributed by atoms with Crippen LogP contribution in [0.2, 0.25) is 0 Å². The van der Waals surface area contributed by atoms with Gasteiger partial charge in [-0.25, -0.2) is 24.0 Å². The Hall–Kier alpha value is -7.80. The van der Waals surface area contributed by atoms with Crippen LogP contribution in [0.3, 0.4) is 0 Å². The Labute approximate surface area is 414 Å². The van der Waals surface area contributed by atoms with E-state index in [0.717, 1.165) is 17.9 Å². The van der Waals surface area contributed by atoms with Crippen molar-refractivity contribution in [2.24, 2.45) is 0 Å². The number of ether oxygens (including phenoxy) is 10.